The molecule has 1 atom stereocenters. The predicted molar refractivity (Wildman–Crippen MR) is 65.7 cm³/mol. The zero-order chi connectivity index (χ0) is 13.1. The van der Waals surface area contributed by atoms with Crippen molar-refractivity contribution in [3.63, 3.8) is 0 Å². The molecule has 6 nitrogen and oxygen atoms in total. The molecule has 2 rings (SSSR count). The Kier molecular flexibility index (Phi) is 3.42. The van der Waals surface area contributed by atoms with E-state index in [1.54, 1.807) is 0 Å². The fraction of sp³-hybridized carbons (Fsp3) is 0.182. The lowest BCUT2D eigenvalue weighted by atomic mass is 10.2. The Hall–Kier alpha value is -2.15. The van der Waals surface area contributed by atoms with E-state index in [1.807, 2.05) is 24.4 Å². The van der Waals surface area contributed by atoms with Gasteiger partial charge in [-0.05, 0) is 18.4 Å². The lowest BCUT2D eigenvalue weighted by Gasteiger charge is -2.11. The summed E-state index contributed by atoms with van der Waals surface area (Å²) in [6.07, 6.45) is 1.19. The molecule has 1 amide bonds. The lowest BCUT2D eigenvalue weighted by Crippen LogP contribution is -2.28. The van der Waals surface area contributed by atoms with Gasteiger partial charge >= 0.3 is 5.97 Å². The first kappa shape index (κ1) is 12.3. The second-order valence-electron chi connectivity index (χ2n) is 3.64. The number of H-pyrrole nitrogens is 1. The molecule has 1 unspecified atom stereocenters. The smallest absolute Gasteiger partial charge is 0.354 e. The standard InChI is InChI=1S/C11H11N3O3S/c1-6(7-3-2-4-18-7)14-10(15)8-9(11(16)17)13-5-12-8/h2-6H,1H3,(H,12,13)(H,14,15)(H,16,17). The fourth-order valence-electron chi connectivity index (χ4n) is 1.50. The predicted octanol–water partition coefficient (Wildman–Crippen LogP) is 1.66. The van der Waals surface area contributed by atoms with Crippen LogP contribution in [0.3, 0.4) is 0 Å². The van der Waals surface area contributed by atoms with Crippen molar-refractivity contribution in [2.75, 3.05) is 0 Å². The molecule has 0 radical (unpaired) electrons. The molecule has 0 spiro atoms. The van der Waals surface area contributed by atoms with Crippen molar-refractivity contribution in [3.05, 3.63) is 40.1 Å². The van der Waals surface area contributed by atoms with E-state index in [4.69, 9.17) is 5.11 Å². The largest absolute Gasteiger partial charge is 0.477 e. The summed E-state index contributed by atoms with van der Waals surface area (Å²) in [5, 5.41) is 13.5. The molecule has 2 aromatic heterocycles. The monoisotopic (exact) mass is 265 g/mol. The van der Waals surface area contributed by atoms with Gasteiger partial charge in [0.25, 0.3) is 5.91 Å². The molecule has 2 heterocycles. The Bertz CT molecular complexity index is 562. The van der Waals surface area contributed by atoms with Crippen LogP contribution >= 0.6 is 11.3 Å². The first-order valence-electron chi connectivity index (χ1n) is 5.20. The number of carbonyl (C=O) groups is 2. The molecule has 0 bridgehead atoms. The second-order valence-corrected chi connectivity index (χ2v) is 4.62. The van der Waals surface area contributed by atoms with Crippen LogP contribution in [0, 0.1) is 0 Å². The number of carboxylic acid groups (broad SMARTS) is 1. The van der Waals surface area contributed by atoms with Crippen molar-refractivity contribution in [2.24, 2.45) is 0 Å². The Balaban J connectivity index is 2.13. The molecule has 0 aliphatic heterocycles. The van der Waals surface area contributed by atoms with Crippen LogP contribution in [-0.4, -0.2) is 27.0 Å². The average Bonchev–Trinajstić information content (AvgIpc) is 3.00. The number of aromatic nitrogens is 2. The van der Waals surface area contributed by atoms with Crippen molar-refractivity contribution in [1.82, 2.24) is 15.3 Å². The normalized spacial score (nSPS) is 12.1. The summed E-state index contributed by atoms with van der Waals surface area (Å²) < 4.78 is 0. The zero-order valence-electron chi connectivity index (χ0n) is 9.51. The van der Waals surface area contributed by atoms with Crippen molar-refractivity contribution in [2.45, 2.75) is 13.0 Å². The molecule has 0 aromatic carbocycles. The number of carboxylic acids is 1. The minimum Gasteiger partial charge on any atom is -0.477 e. The molecule has 7 heteroatoms. The molecule has 0 aliphatic carbocycles. The molecule has 0 saturated carbocycles. The maximum atomic E-state index is 11.9. The van der Waals surface area contributed by atoms with Gasteiger partial charge in [0.1, 0.15) is 0 Å². The maximum absolute atomic E-state index is 11.9. The minimum absolute atomic E-state index is 0.106. The molecule has 94 valence electrons. The van der Waals surface area contributed by atoms with Gasteiger partial charge in [0.2, 0.25) is 0 Å². The molecule has 3 N–H and O–H groups in total. The van der Waals surface area contributed by atoms with Crippen LogP contribution in [0.5, 0.6) is 0 Å². The van der Waals surface area contributed by atoms with E-state index in [2.05, 4.69) is 15.3 Å². The molecule has 0 fully saturated rings. The van der Waals surface area contributed by atoms with E-state index in [1.165, 1.54) is 17.7 Å². The van der Waals surface area contributed by atoms with Crippen LogP contribution in [0.15, 0.2) is 23.8 Å². The zero-order valence-corrected chi connectivity index (χ0v) is 10.3. The van der Waals surface area contributed by atoms with E-state index in [9.17, 15) is 9.59 Å². The van der Waals surface area contributed by atoms with Crippen LogP contribution in [-0.2, 0) is 0 Å². The number of amides is 1. The summed E-state index contributed by atoms with van der Waals surface area (Å²) in [6.45, 7) is 1.83. The van der Waals surface area contributed by atoms with Crippen molar-refractivity contribution in [3.8, 4) is 0 Å². The van der Waals surface area contributed by atoms with E-state index >= 15 is 0 Å². The number of hydrogen-bond donors (Lipinski definition) is 3. The fourth-order valence-corrected chi connectivity index (χ4v) is 2.24. The highest BCUT2D eigenvalue weighted by molar-refractivity contribution is 7.10. The van der Waals surface area contributed by atoms with Crippen LogP contribution in [0.25, 0.3) is 0 Å². The lowest BCUT2D eigenvalue weighted by molar-refractivity contribution is 0.0684. The number of imidazole rings is 1. The van der Waals surface area contributed by atoms with E-state index in [-0.39, 0.29) is 17.4 Å². The number of aromatic amines is 1. The third kappa shape index (κ3) is 2.40. The van der Waals surface area contributed by atoms with Gasteiger partial charge in [-0.3, -0.25) is 4.79 Å². The number of nitrogens with zero attached hydrogens (tertiary/aromatic N) is 1. The average molecular weight is 265 g/mol. The number of hydrogen-bond acceptors (Lipinski definition) is 4. The molecule has 18 heavy (non-hydrogen) atoms. The molecule has 0 saturated heterocycles. The van der Waals surface area contributed by atoms with Crippen LogP contribution in [0.2, 0.25) is 0 Å². The van der Waals surface area contributed by atoms with Crippen LogP contribution in [0.4, 0.5) is 0 Å². The Morgan fingerprint density at radius 3 is 2.94 bits per heavy atom. The third-order valence-electron chi connectivity index (χ3n) is 2.39. The summed E-state index contributed by atoms with van der Waals surface area (Å²) in [6, 6.07) is 3.61. The first-order valence-corrected chi connectivity index (χ1v) is 6.08. The second kappa shape index (κ2) is 5.01. The minimum atomic E-state index is -1.21. The topological polar surface area (TPSA) is 95.1 Å². The van der Waals surface area contributed by atoms with Gasteiger partial charge in [-0.1, -0.05) is 6.07 Å². The number of thiophene rings is 1. The number of rotatable bonds is 4. The third-order valence-corrected chi connectivity index (χ3v) is 3.44. The van der Waals surface area contributed by atoms with Gasteiger partial charge in [-0.2, -0.15) is 0 Å². The quantitative estimate of drug-likeness (QED) is 0.783. The van der Waals surface area contributed by atoms with Gasteiger partial charge in [-0.15, -0.1) is 11.3 Å². The Morgan fingerprint density at radius 2 is 2.33 bits per heavy atom. The van der Waals surface area contributed by atoms with Crippen LogP contribution < -0.4 is 5.32 Å². The highest BCUT2D eigenvalue weighted by atomic mass is 32.1. The molecular weight excluding hydrogens is 254 g/mol. The SMILES string of the molecule is CC(NC(=O)c1nc[nH]c1C(=O)O)c1cccs1. The number of nitrogens with one attached hydrogen (secondary N) is 2. The van der Waals surface area contributed by atoms with E-state index in [0.29, 0.717) is 0 Å². The van der Waals surface area contributed by atoms with Crippen molar-refractivity contribution >= 4 is 23.2 Å². The summed E-state index contributed by atoms with van der Waals surface area (Å²) in [4.78, 5) is 29.9. The summed E-state index contributed by atoms with van der Waals surface area (Å²) in [7, 11) is 0. The first-order chi connectivity index (χ1) is 8.59. The van der Waals surface area contributed by atoms with Gasteiger partial charge in [0.15, 0.2) is 11.4 Å². The van der Waals surface area contributed by atoms with Crippen molar-refractivity contribution in [1.29, 1.82) is 0 Å². The maximum Gasteiger partial charge on any atom is 0.354 e. The summed E-state index contributed by atoms with van der Waals surface area (Å²) in [5.41, 5.74) is -0.309. The highest BCUT2D eigenvalue weighted by Crippen LogP contribution is 2.18. The molecule has 0 aliphatic rings. The van der Waals surface area contributed by atoms with Gasteiger partial charge in [0, 0.05) is 4.88 Å². The summed E-state index contributed by atoms with van der Waals surface area (Å²) in [5.74, 6) is -1.71. The number of aromatic carboxylic acids is 1. The Morgan fingerprint density at radius 1 is 1.56 bits per heavy atom. The highest BCUT2D eigenvalue weighted by Gasteiger charge is 2.21. The Labute approximate surface area is 107 Å². The van der Waals surface area contributed by atoms with Gasteiger partial charge in [-0.25, -0.2) is 9.78 Å². The van der Waals surface area contributed by atoms with Crippen LogP contribution in [0.1, 0.15) is 38.8 Å². The van der Waals surface area contributed by atoms with E-state index in [0.717, 1.165) is 4.88 Å². The molecular formula is C11H11N3O3S. The molecule has 2 aromatic rings. The van der Waals surface area contributed by atoms with Gasteiger partial charge < -0.3 is 15.4 Å². The number of carbonyl (C=O) groups excluding carboxylic acids is 1. The van der Waals surface area contributed by atoms with Gasteiger partial charge in [0.05, 0.1) is 12.4 Å². The summed E-state index contributed by atoms with van der Waals surface area (Å²) >= 11 is 1.52. The van der Waals surface area contributed by atoms with E-state index < -0.39 is 11.9 Å². The van der Waals surface area contributed by atoms with Crippen molar-refractivity contribution < 1.29 is 14.7 Å².